The highest BCUT2D eigenvalue weighted by Crippen LogP contribution is 2.42. The number of phenolic OH excluding ortho intramolecular Hbond substituents is 1. The number of hydrogen-bond acceptors (Lipinski definition) is 7. The number of methoxy groups -OCH3 is 1. The molecule has 2 aromatic rings. The number of nitrogens with zero attached hydrogens (tertiary/aromatic N) is 1. The van der Waals surface area contributed by atoms with Gasteiger partial charge >= 0.3 is 0 Å². The first-order valence-electron chi connectivity index (χ1n) is 11.3. The van der Waals surface area contributed by atoms with Gasteiger partial charge in [0.25, 0.3) is 11.7 Å². The maximum Gasteiger partial charge on any atom is 0.295 e. The Morgan fingerprint density at radius 2 is 1.91 bits per heavy atom. The number of carbonyl (C=O) groups is 2. The Balaban J connectivity index is 2.09. The highest BCUT2D eigenvalue weighted by Gasteiger charge is 2.46. The molecule has 1 aliphatic heterocycles. The topological polar surface area (TPSA) is 106 Å². The van der Waals surface area contributed by atoms with Crippen molar-refractivity contribution in [3.8, 4) is 17.2 Å². The van der Waals surface area contributed by atoms with Crippen LogP contribution in [-0.4, -0.2) is 59.8 Å². The molecule has 2 aromatic carbocycles. The van der Waals surface area contributed by atoms with E-state index in [4.69, 9.17) is 14.2 Å². The van der Waals surface area contributed by atoms with Crippen LogP contribution in [0.3, 0.4) is 0 Å². The summed E-state index contributed by atoms with van der Waals surface area (Å²) < 4.78 is 16.3. The van der Waals surface area contributed by atoms with Gasteiger partial charge in [0.05, 0.1) is 31.4 Å². The molecule has 0 saturated carbocycles. The number of ether oxygens (including phenoxy) is 3. The molecular weight excluding hydrogens is 438 g/mol. The maximum atomic E-state index is 13.1. The maximum absolute atomic E-state index is 13.1. The van der Waals surface area contributed by atoms with Gasteiger partial charge in [-0.25, -0.2) is 0 Å². The zero-order valence-electron chi connectivity index (χ0n) is 19.9. The molecule has 1 heterocycles. The molecule has 0 bridgehead atoms. The number of hydrogen-bond donors (Lipinski definition) is 2. The summed E-state index contributed by atoms with van der Waals surface area (Å²) in [6.07, 6.45) is 0.558. The summed E-state index contributed by atoms with van der Waals surface area (Å²) in [5.74, 6) is -1.10. The van der Waals surface area contributed by atoms with Crippen molar-refractivity contribution in [3.05, 3.63) is 59.2 Å². The minimum absolute atomic E-state index is 0.0313. The van der Waals surface area contributed by atoms with Gasteiger partial charge in [-0.2, -0.15) is 0 Å². The minimum atomic E-state index is -0.856. The smallest absolute Gasteiger partial charge is 0.295 e. The molecule has 1 aliphatic rings. The van der Waals surface area contributed by atoms with E-state index in [0.29, 0.717) is 36.5 Å². The van der Waals surface area contributed by atoms with Gasteiger partial charge in [0.1, 0.15) is 11.5 Å². The predicted octanol–water partition coefficient (Wildman–Crippen LogP) is 4.04. The Morgan fingerprint density at radius 1 is 1.15 bits per heavy atom. The fraction of sp³-hybridized carbons (Fsp3) is 0.385. The third-order valence-corrected chi connectivity index (χ3v) is 5.48. The number of aliphatic hydroxyl groups excluding tert-OH is 1. The van der Waals surface area contributed by atoms with Crippen molar-refractivity contribution < 1.29 is 34.0 Å². The van der Waals surface area contributed by atoms with Crippen LogP contribution in [0, 0.1) is 0 Å². The summed E-state index contributed by atoms with van der Waals surface area (Å²) in [6, 6.07) is 10.4. The lowest BCUT2D eigenvalue weighted by molar-refractivity contribution is -0.140. The van der Waals surface area contributed by atoms with Crippen molar-refractivity contribution in [1.82, 2.24) is 4.90 Å². The fourth-order valence-corrected chi connectivity index (χ4v) is 3.91. The van der Waals surface area contributed by atoms with Gasteiger partial charge in [0, 0.05) is 18.7 Å². The van der Waals surface area contributed by atoms with Crippen LogP contribution in [0.2, 0.25) is 0 Å². The molecule has 1 amide bonds. The van der Waals surface area contributed by atoms with Crippen LogP contribution in [0.15, 0.2) is 48.0 Å². The number of benzene rings is 2. The summed E-state index contributed by atoms with van der Waals surface area (Å²) in [7, 11) is 1.50. The number of aromatic hydroxyl groups is 1. The molecule has 0 aromatic heterocycles. The van der Waals surface area contributed by atoms with Gasteiger partial charge in [0.15, 0.2) is 11.5 Å². The average Bonchev–Trinajstić information content (AvgIpc) is 3.07. The highest BCUT2D eigenvalue weighted by molar-refractivity contribution is 6.46. The molecule has 0 spiro atoms. The summed E-state index contributed by atoms with van der Waals surface area (Å²) in [4.78, 5) is 27.6. The Morgan fingerprint density at radius 3 is 2.59 bits per heavy atom. The first kappa shape index (κ1) is 25.1. The van der Waals surface area contributed by atoms with E-state index < -0.39 is 17.7 Å². The lowest BCUT2D eigenvalue weighted by Gasteiger charge is -2.26. The van der Waals surface area contributed by atoms with Crippen LogP contribution in [0.25, 0.3) is 5.76 Å². The van der Waals surface area contributed by atoms with E-state index in [-0.39, 0.29) is 35.5 Å². The molecule has 1 saturated heterocycles. The van der Waals surface area contributed by atoms with Crippen LogP contribution in [0.1, 0.15) is 44.4 Å². The van der Waals surface area contributed by atoms with Gasteiger partial charge in [-0.1, -0.05) is 18.2 Å². The molecule has 8 heteroatoms. The zero-order valence-corrected chi connectivity index (χ0v) is 19.9. The van der Waals surface area contributed by atoms with Crippen LogP contribution in [0.5, 0.6) is 17.2 Å². The molecule has 0 aliphatic carbocycles. The number of Topliss-reactive ketones (excluding diaryl/α,β-unsaturated/α-hetero) is 1. The first-order chi connectivity index (χ1) is 16.3. The number of carbonyl (C=O) groups excluding carboxylic acids is 2. The second-order valence-corrected chi connectivity index (χ2v) is 8.16. The van der Waals surface area contributed by atoms with Crippen molar-refractivity contribution in [2.45, 2.75) is 39.3 Å². The quantitative estimate of drug-likeness (QED) is 0.234. The monoisotopic (exact) mass is 469 g/mol. The number of aliphatic hydroxyl groups is 1. The normalized spacial score (nSPS) is 17.4. The van der Waals surface area contributed by atoms with Crippen LogP contribution in [-0.2, 0) is 14.3 Å². The molecule has 0 unspecified atom stereocenters. The molecule has 34 heavy (non-hydrogen) atoms. The molecule has 1 fully saturated rings. The second kappa shape index (κ2) is 11.1. The van der Waals surface area contributed by atoms with E-state index >= 15 is 0 Å². The van der Waals surface area contributed by atoms with Gasteiger partial charge in [0.2, 0.25) is 0 Å². The van der Waals surface area contributed by atoms with E-state index in [1.54, 1.807) is 43.3 Å². The van der Waals surface area contributed by atoms with Gasteiger partial charge in [-0.15, -0.1) is 0 Å². The van der Waals surface area contributed by atoms with E-state index in [9.17, 15) is 19.8 Å². The number of phenols is 1. The van der Waals surface area contributed by atoms with Crippen LogP contribution >= 0.6 is 0 Å². The molecule has 1 atom stereocenters. The molecule has 8 nitrogen and oxygen atoms in total. The molecule has 0 radical (unpaired) electrons. The molecule has 3 rings (SSSR count). The van der Waals surface area contributed by atoms with Gasteiger partial charge in [-0.3, -0.25) is 9.59 Å². The van der Waals surface area contributed by atoms with Gasteiger partial charge in [-0.05, 0) is 57.0 Å². The van der Waals surface area contributed by atoms with Crippen molar-refractivity contribution >= 4 is 17.4 Å². The molecule has 2 N–H and O–H groups in total. The van der Waals surface area contributed by atoms with E-state index in [1.807, 2.05) is 13.8 Å². The third kappa shape index (κ3) is 5.34. The summed E-state index contributed by atoms with van der Waals surface area (Å²) in [5, 5.41) is 21.3. The predicted molar refractivity (Wildman–Crippen MR) is 127 cm³/mol. The Kier molecular flexibility index (Phi) is 8.17. The Bertz CT molecular complexity index is 1080. The number of rotatable bonds is 10. The number of ketones is 1. The zero-order chi connectivity index (χ0) is 24.8. The highest BCUT2D eigenvalue weighted by atomic mass is 16.5. The van der Waals surface area contributed by atoms with Gasteiger partial charge < -0.3 is 29.3 Å². The lowest BCUT2D eigenvalue weighted by atomic mass is 9.95. The number of likely N-dealkylation sites (tertiary alicyclic amines) is 1. The molecule has 182 valence electrons. The van der Waals surface area contributed by atoms with Crippen LogP contribution in [0.4, 0.5) is 0 Å². The summed E-state index contributed by atoms with van der Waals surface area (Å²) in [5.41, 5.74) is 0.861. The minimum Gasteiger partial charge on any atom is -0.507 e. The number of amides is 1. The van der Waals surface area contributed by atoms with E-state index in [2.05, 4.69) is 0 Å². The van der Waals surface area contributed by atoms with Crippen molar-refractivity contribution in [2.24, 2.45) is 0 Å². The molecular formula is C26H31NO7. The fourth-order valence-electron chi connectivity index (χ4n) is 3.91. The van der Waals surface area contributed by atoms with Crippen molar-refractivity contribution in [2.75, 3.05) is 26.9 Å². The summed E-state index contributed by atoms with van der Waals surface area (Å²) >= 11 is 0. The second-order valence-electron chi connectivity index (χ2n) is 8.16. The van der Waals surface area contributed by atoms with Crippen molar-refractivity contribution in [1.29, 1.82) is 0 Å². The average molecular weight is 470 g/mol. The lowest BCUT2D eigenvalue weighted by Crippen LogP contribution is -2.31. The summed E-state index contributed by atoms with van der Waals surface area (Å²) in [6.45, 7) is 6.63. The Hall–Kier alpha value is -3.52. The standard InChI is InChI=1S/C26H31NO7/c1-5-33-21-15-17(10-11-20(21)28)23-22(24(29)18-8-6-9-19(14-18)32-4)25(30)26(31)27(23)12-7-13-34-16(2)3/h6,8-11,14-16,23,28-29H,5,7,12-13H2,1-4H3/t23-/m0/s1. The first-order valence-corrected chi connectivity index (χ1v) is 11.3. The third-order valence-electron chi connectivity index (χ3n) is 5.48. The van der Waals surface area contributed by atoms with Crippen molar-refractivity contribution in [3.63, 3.8) is 0 Å². The van der Waals surface area contributed by atoms with E-state index in [0.717, 1.165) is 0 Å². The van der Waals surface area contributed by atoms with Crippen LogP contribution < -0.4 is 9.47 Å². The largest absolute Gasteiger partial charge is 0.507 e. The SMILES string of the molecule is CCOc1cc([C@H]2C(=C(O)c3cccc(OC)c3)C(=O)C(=O)N2CCCOC(C)C)ccc1O. The Labute approximate surface area is 199 Å². The van der Waals surface area contributed by atoms with E-state index in [1.165, 1.54) is 18.1 Å².